The molecule has 0 amide bonds. The van der Waals surface area contributed by atoms with E-state index in [-0.39, 0.29) is 0 Å². The van der Waals surface area contributed by atoms with Gasteiger partial charge in [0, 0.05) is 0 Å². The van der Waals surface area contributed by atoms with Gasteiger partial charge < -0.3 is 5.32 Å². The molecular formula is C11H21N. The van der Waals surface area contributed by atoms with E-state index in [1.54, 1.807) is 0 Å². The van der Waals surface area contributed by atoms with Gasteiger partial charge in [0.15, 0.2) is 0 Å². The van der Waals surface area contributed by atoms with E-state index in [0.29, 0.717) is 0 Å². The van der Waals surface area contributed by atoms with E-state index in [1.807, 2.05) is 0 Å². The zero-order chi connectivity index (χ0) is 8.39. The number of nitrogens with one attached hydrogen (secondary N) is 1. The first-order valence-electron chi connectivity index (χ1n) is 5.54. The van der Waals surface area contributed by atoms with Gasteiger partial charge in [-0.15, -0.1) is 0 Å². The Morgan fingerprint density at radius 1 is 1.08 bits per heavy atom. The molecule has 12 heavy (non-hydrogen) atoms. The van der Waals surface area contributed by atoms with Crippen LogP contribution in [0.3, 0.4) is 0 Å². The molecule has 0 saturated heterocycles. The van der Waals surface area contributed by atoms with E-state index in [2.05, 4.69) is 12.4 Å². The standard InChI is InChI=1S/C11H21N/c1-12-8-9-6-10-4-2-3-5-11(10)7-9/h9-12H,2-8H2,1H3. The Hall–Kier alpha value is -0.0400. The van der Waals surface area contributed by atoms with Crippen LogP contribution in [-0.4, -0.2) is 13.6 Å². The van der Waals surface area contributed by atoms with Gasteiger partial charge in [0.1, 0.15) is 0 Å². The van der Waals surface area contributed by atoms with E-state index in [4.69, 9.17) is 0 Å². The molecule has 0 heterocycles. The van der Waals surface area contributed by atoms with Crippen molar-refractivity contribution in [2.45, 2.75) is 38.5 Å². The lowest BCUT2D eigenvalue weighted by atomic mass is 9.82. The van der Waals surface area contributed by atoms with E-state index < -0.39 is 0 Å². The van der Waals surface area contributed by atoms with Crippen molar-refractivity contribution in [3.8, 4) is 0 Å². The summed E-state index contributed by atoms with van der Waals surface area (Å²) in [5, 5.41) is 3.32. The molecule has 1 N–H and O–H groups in total. The van der Waals surface area contributed by atoms with Crippen LogP contribution in [-0.2, 0) is 0 Å². The summed E-state index contributed by atoms with van der Waals surface area (Å²) >= 11 is 0. The lowest BCUT2D eigenvalue weighted by Crippen LogP contribution is -2.16. The Morgan fingerprint density at radius 2 is 1.67 bits per heavy atom. The number of hydrogen-bond acceptors (Lipinski definition) is 1. The van der Waals surface area contributed by atoms with Crippen molar-refractivity contribution < 1.29 is 0 Å². The molecule has 0 aliphatic heterocycles. The number of hydrogen-bond donors (Lipinski definition) is 1. The summed E-state index contributed by atoms with van der Waals surface area (Å²) in [6.45, 7) is 1.26. The molecule has 70 valence electrons. The predicted molar refractivity (Wildman–Crippen MR) is 52.1 cm³/mol. The molecule has 0 aromatic heterocycles. The Labute approximate surface area is 75.9 Å². The van der Waals surface area contributed by atoms with Crippen molar-refractivity contribution in [1.82, 2.24) is 5.32 Å². The van der Waals surface area contributed by atoms with Crippen LogP contribution in [0.5, 0.6) is 0 Å². The zero-order valence-corrected chi connectivity index (χ0v) is 8.18. The third-order valence-corrected chi connectivity index (χ3v) is 3.83. The highest BCUT2D eigenvalue weighted by Gasteiger charge is 2.34. The summed E-state index contributed by atoms with van der Waals surface area (Å²) in [6.07, 6.45) is 9.12. The first kappa shape index (κ1) is 8.55. The molecule has 0 aromatic carbocycles. The van der Waals surface area contributed by atoms with Gasteiger partial charge in [0.05, 0.1) is 0 Å². The van der Waals surface area contributed by atoms with Gasteiger partial charge in [-0.2, -0.15) is 0 Å². The van der Waals surface area contributed by atoms with Crippen LogP contribution in [0, 0.1) is 17.8 Å². The molecule has 0 bridgehead atoms. The highest BCUT2D eigenvalue weighted by Crippen LogP contribution is 2.44. The fourth-order valence-corrected chi connectivity index (χ4v) is 3.31. The van der Waals surface area contributed by atoms with Crippen LogP contribution < -0.4 is 5.32 Å². The number of fused-ring (bicyclic) bond motifs is 1. The smallest absolute Gasteiger partial charge is 0.00233 e. The van der Waals surface area contributed by atoms with Gasteiger partial charge in [0.2, 0.25) is 0 Å². The van der Waals surface area contributed by atoms with Crippen molar-refractivity contribution in [1.29, 1.82) is 0 Å². The van der Waals surface area contributed by atoms with Crippen molar-refractivity contribution in [3.63, 3.8) is 0 Å². The minimum Gasteiger partial charge on any atom is -0.319 e. The van der Waals surface area contributed by atoms with Crippen LogP contribution >= 0.6 is 0 Å². The quantitative estimate of drug-likeness (QED) is 0.666. The van der Waals surface area contributed by atoms with Gasteiger partial charge >= 0.3 is 0 Å². The van der Waals surface area contributed by atoms with Gasteiger partial charge in [-0.25, -0.2) is 0 Å². The van der Waals surface area contributed by atoms with E-state index in [9.17, 15) is 0 Å². The molecular weight excluding hydrogens is 146 g/mol. The average molecular weight is 167 g/mol. The molecule has 1 nitrogen and oxygen atoms in total. The molecule has 2 rings (SSSR count). The molecule has 0 radical (unpaired) electrons. The largest absolute Gasteiger partial charge is 0.319 e. The van der Waals surface area contributed by atoms with E-state index in [1.165, 1.54) is 45.1 Å². The molecule has 2 unspecified atom stereocenters. The van der Waals surface area contributed by atoms with Crippen molar-refractivity contribution in [2.75, 3.05) is 13.6 Å². The lowest BCUT2D eigenvalue weighted by Gasteiger charge is -2.24. The van der Waals surface area contributed by atoms with Gasteiger partial charge in [-0.05, 0) is 44.2 Å². The Kier molecular flexibility index (Phi) is 2.69. The normalized spacial score (nSPS) is 41.2. The fourth-order valence-electron chi connectivity index (χ4n) is 3.31. The third-order valence-electron chi connectivity index (χ3n) is 3.83. The topological polar surface area (TPSA) is 12.0 Å². The molecule has 0 aromatic rings. The molecule has 2 aliphatic rings. The maximum atomic E-state index is 3.32. The summed E-state index contributed by atoms with van der Waals surface area (Å²) in [5.74, 6) is 3.22. The first-order valence-corrected chi connectivity index (χ1v) is 5.54. The minimum atomic E-state index is 1.00. The van der Waals surface area contributed by atoms with Crippen LogP contribution in [0.4, 0.5) is 0 Å². The maximum absolute atomic E-state index is 3.32. The van der Waals surface area contributed by atoms with Gasteiger partial charge in [-0.3, -0.25) is 0 Å². The lowest BCUT2D eigenvalue weighted by molar-refractivity contribution is 0.277. The summed E-state index contributed by atoms with van der Waals surface area (Å²) in [4.78, 5) is 0. The Morgan fingerprint density at radius 3 is 2.17 bits per heavy atom. The molecule has 2 atom stereocenters. The monoisotopic (exact) mass is 167 g/mol. The highest BCUT2D eigenvalue weighted by molar-refractivity contribution is 4.86. The molecule has 1 heteroatoms. The number of rotatable bonds is 2. The predicted octanol–water partition coefficient (Wildman–Crippen LogP) is 2.42. The fraction of sp³-hybridized carbons (Fsp3) is 1.00. The van der Waals surface area contributed by atoms with E-state index in [0.717, 1.165) is 17.8 Å². The summed E-state index contributed by atoms with van der Waals surface area (Å²) in [5.41, 5.74) is 0. The third kappa shape index (κ3) is 1.66. The first-order chi connectivity index (χ1) is 5.90. The minimum absolute atomic E-state index is 1.00. The summed E-state index contributed by atoms with van der Waals surface area (Å²) in [7, 11) is 2.09. The van der Waals surface area contributed by atoms with Crippen LogP contribution in [0.15, 0.2) is 0 Å². The summed E-state index contributed by atoms with van der Waals surface area (Å²) in [6, 6.07) is 0. The van der Waals surface area contributed by atoms with Crippen LogP contribution in [0.25, 0.3) is 0 Å². The van der Waals surface area contributed by atoms with Crippen molar-refractivity contribution in [3.05, 3.63) is 0 Å². The van der Waals surface area contributed by atoms with Crippen LogP contribution in [0.1, 0.15) is 38.5 Å². The Balaban J connectivity index is 1.85. The van der Waals surface area contributed by atoms with Crippen molar-refractivity contribution >= 4 is 0 Å². The van der Waals surface area contributed by atoms with Crippen molar-refractivity contribution in [2.24, 2.45) is 17.8 Å². The van der Waals surface area contributed by atoms with Gasteiger partial charge in [0.25, 0.3) is 0 Å². The zero-order valence-electron chi connectivity index (χ0n) is 8.18. The second-order valence-electron chi connectivity index (χ2n) is 4.70. The SMILES string of the molecule is CNCC1CC2CCCCC2C1. The maximum Gasteiger partial charge on any atom is -0.00233 e. The second-order valence-corrected chi connectivity index (χ2v) is 4.70. The molecule has 2 saturated carbocycles. The van der Waals surface area contributed by atoms with Gasteiger partial charge in [-0.1, -0.05) is 25.7 Å². The Bertz CT molecular complexity index is 130. The second kappa shape index (κ2) is 3.78. The molecule has 2 aliphatic carbocycles. The summed E-state index contributed by atoms with van der Waals surface area (Å²) < 4.78 is 0. The molecule has 2 fully saturated rings. The highest BCUT2D eigenvalue weighted by atomic mass is 14.8. The van der Waals surface area contributed by atoms with Crippen LogP contribution in [0.2, 0.25) is 0 Å². The van der Waals surface area contributed by atoms with E-state index >= 15 is 0 Å². The molecule has 0 spiro atoms. The average Bonchev–Trinajstić information content (AvgIpc) is 2.47.